The van der Waals surface area contributed by atoms with Gasteiger partial charge in [0.25, 0.3) is 0 Å². The van der Waals surface area contributed by atoms with Crippen LogP contribution in [0.1, 0.15) is 444 Å². The van der Waals surface area contributed by atoms with Gasteiger partial charge < -0.3 is 40.3 Å². The first kappa shape index (κ1) is 90.4. The van der Waals surface area contributed by atoms with Crippen molar-refractivity contribution in [1.82, 2.24) is 5.32 Å². The van der Waals surface area contributed by atoms with E-state index in [4.69, 9.17) is 9.47 Å². The minimum Gasteiger partial charge on any atom is -0.394 e. The largest absolute Gasteiger partial charge is 0.394 e. The van der Waals surface area contributed by atoms with Gasteiger partial charge in [-0.2, -0.15) is 0 Å². The maximum absolute atomic E-state index is 13.2. The highest BCUT2D eigenvalue weighted by atomic mass is 16.7. The van der Waals surface area contributed by atoms with E-state index in [0.717, 1.165) is 51.4 Å². The molecule has 1 aliphatic heterocycles. The van der Waals surface area contributed by atoms with Crippen molar-refractivity contribution in [2.75, 3.05) is 13.2 Å². The van der Waals surface area contributed by atoms with Gasteiger partial charge in [0, 0.05) is 6.42 Å². The molecule has 0 radical (unpaired) electrons. The lowest BCUT2D eigenvalue weighted by atomic mass is 9.99. The highest BCUT2D eigenvalue weighted by molar-refractivity contribution is 5.76. The van der Waals surface area contributed by atoms with Crippen LogP contribution in [0.3, 0.4) is 0 Å². The first-order chi connectivity index (χ1) is 46.3. The molecule has 0 spiro atoms. The molecule has 0 aliphatic carbocycles. The molecule has 0 aromatic carbocycles. The summed E-state index contributed by atoms with van der Waals surface area (Å²) in [5, 5.41) is 55.2. The molecule has 556 valence electrons. The molecule has 0 bridgehead atoms. The topological polar surface area (TPSA) is 149 Å². The standard InChI is InChI=1S/C85H163NO8/c1-3-5-7-9-11-13-15-17-19-21-23-25-27-29-31-33-35-37-38-39-40-41-42-43-45-47-49-51-53-55-57-59-61-63-65-67-69-71-73-75-81(89)86-78(77-93-85-84(92)83(91)82(90)80(76-87)94-85)79(88)74-72-70-68-66-64-62-60-58-56-54-52-50-48-46-44-36-34-32-30-28-26-24-22-20-18-16-14-12-10-8-6-4-2/h15,17,21,23,27,29,78-80,82-85,87-88,90-92H,3-14,16,18-20,22,24-26,28,30-77H2,1-2H3,(H,86,89)/b17-15-,23-21-,29-27-. The van der Waals surface area contributed by atoms with Crippen LogP contribution in [0.25, 0.3) is 0 Å². The van der Waals surface area contributed by atoms with Crippen LogP contribution in [-0.4, -0.2) is 87.5 Å². The van der Waals surface area contributed by atoms with E-state index in [2.05, 4.69) is 55.6 Å². The molecule has 0 saturated carbocycles. The summed E-state index contributed by atoms with van der Waals surface area (Å²) < 4.78 is 11.4. The molecule has 94 heavy (non-hydrogen) atoms. The van der Waals surface area contributed by atoms with Gasteiger partial charge in [-0.05, 0) is 51.4 Å². The maximum atomic E-state index is 13.2. The number of carbonyl (C=O) groups excluding carboxylic acids is 1. The Kier molecular flexibility index (Phi) is 71.3. The monoisotopic (exact) mass is 1330 g/mol. The Balaban J connectivity index is 2.02. The molecule has 9 heteroatoms. The smallest absolute Gasteiger partial charge is 0.220 e. The van der Waals surface area contributed by atoms with Crippen molar-refractivity contribution >= 4 is 5.91 Å². The molecule has 0 aromatic heterocycles. The molecule has 6 N–H and O–H groups in total. The molecule has 1 heterocycles. The van der Waals surface area contributed by atoms with Crippen LogP contribution >= 0.6 is 0 Å². The lowest BCUT2D eigenvalue weighted by Gasteiger charge is -2.40. The van der Waals surface area contributed by atoms with Gasteiger partial charge in [-0.3, -0.25) is 4.79 Å². The number of amides is 1. The quantitative estimate of drug-likeness (QED) is 0.0261. The van der Waals surface area contributed by atoms with Crippen LogP contribution in [0, 0.1) is 0 Å². The summed E-state index contributed by atoms with van der Waals surface area (Å²) in [6.07, 6.45) is 94.2. The van der Waals surface area contributed by atoms with E-state index >= 15 is 0 Å². The molecule has 7 atom stereocenters. The highest BCUT2D eigenvalue weighted by Gasteiger charge is 2.44. The Labute approximate surface area is 584 Å². The third kappa shape index (κ3) is 61.5. The fraction of sp³-hybridized carbons (Fsp3) is 0.918. The summed E-state index contributed by atoms with van der Waals surface area (Å²) in [4.78, 5) is 13.2. The van der Waals surface area contributed by atoms with Crippen molar-refractivity contribution in [2.24, 2.45) is 0 Å². The fourth-order valence-corrected chi connectivity index (χ4v) is 13.9. The second kappa shape index (κ2) is 74.1. The summed E-state index contributed by atoms with van der Waals surface area (Å²) in [7, 11) is 0. The minimum atomic E-state index is -1.55. The van der Waals surface area contributed by atoms with Crippen molar-refractivity contribution in [3.05, 3.63) is 36.5 Å². The molecule has 1 aliphatic rings. The van der Waals surface area contributed by atoms with Gasteiger partial charge in [-0.1, -0.05) is 423 Å². The Bertz CT molecular complexity index is 1590. The van der Waals surface area contributed by atoms with Gasteiger partial charge in [-0.25, -0.2) is 0 Å². The molecular weight excluding hydrogens is 1160 g/mol. The zero-order valence-electron chi connectivity index (χ0n) is 62.8. The average molecular weight is 1330 g/mol. The van der Waals surface area contributed by atoms with Crippen molar-refractivity contribution in [2.45, 2.75) is 487 Å². The molecule has 0 aromatic rings. The summed E-state index contributed by atoms with van der Waals surface area (Å²) in [6.45, 7) is 3.90. The van der Waals surface area contributed by atoms with Crippen LogP contribution in [0.15, 0.2) is 36.5 Å². The van der Waals surface area contributed by atoms with Gasteiger partial charge >= 0.3 is 0 Å². The Hall–Kier alpha value is -1.59. The number of rotatable bonds is 76. The lowest BCUT2D eigenvalue weighted by molar-refractivity contribution is -0.302. The summed E-state index contributed by atoms with van der Waals surface area (Å²) >= 11 is 0. The summed E-state index contributed by atoms with van der Waals surface area (Å²) in [5.74, 6) is -0.134. The van der Waals surface area contributed by atoms with Crippen molar-refractivity contribution < 1.29 is 39.8 Å². The lowest BCUT2D eigenvalue weighted by Crippen LogP contribution is -2.60. The molecule has 1 saturated heterocycles. The van der Waals surface area contributed by atoms with Crippen molar-refractivity contribution in [1.29, 1.82) is 0 Å². The van der Waals surface area contributed by atoms with E-state index in [0.29, 0.717) is 12.8 Å². The second-order valence-corrected chi connectivity index (χ2v) is 29.6. The van der Waals surface area contributed by atoms with E-state index in [1.54, 1.807) is 0 Å². The number of allylic oxidation sites excluding steroid dienone is 6. The van der Waals surface area contributed by atoms with Gasteiger partial charge in [0.15, 0.2) is 6.29 Å². The average Bonchev–Trinajstić information content (AvgIpc) is 0.829. The molecule has 7 unspecified atom stereocenters. The van der Waals surface area contributed by atoms with Crippen LogP contribution < -0.4 is 5.32 Å². The van der Waals surface area contributed by atoms with E-state index in [9.17, 15) is 30.3 Å². The number of hydrogen-bond donors (Lipinski definition) is 6. The number of unbranched alkanes of at least 4 members (excludes halogenated alkanes) is 60. The molecular formula is C85H163NO8. The third-order valence-corrected chi connectivity index (χ3v) is 20.5. The Morgan fingerprint density at radius 2 is 0.628 bits per heavy atom. The van der Waals surface area contributed by atoms with Gasteiger partial charge in [0.1, 0.15) is 24.4 Å². The van der Waals surface area contributed by atoms with E-state index in [1.165, 1.54) is 366 Å². The number of hydrogen-bond acceptors (Lipinski definition) is 8. The van der Waals surface area contributed by atoms with Gasteiger partial charge in [0.05, 0.1) is 25.4 Å². The van der Waals surface area contributed by atoms with Crippen LogP contribution in [0.4, 0.5) is 0 Å². The SMILES string of the molecule is CCCCCCC/C=C\C/C=C\C/C=C\CCCCCCCCCCCCCCCCCCCCCCCCCCC(=O)NC(COC1OC(CO)C(O)C(O)C1O)C(O)CCCCCCCCCCCCCCCCCCCCCCCCCCCCCCCCCC. The second-order valence-electron chi connectivity index (χ2n) is 29.6. The van der Waals surface area contributed by atoms with E-state index < -0.39 is 49.5 Å². The number of nitrogens with one attached hydrogen (secondary N) is 1. The summed E-state index contributed by atoms with van der Waals surface area (Å²) in [5.41, 5.74) is 0. The predicted molar refractivity (Wildman–Crippen MR) is 406 cm³/mol. The highest BCUT2D eigenvalue weighted by Crippen LogP contribution is 2.25. The molecule has 1 amide bonds. The van der Waals surface area contributed by atoms with E-state index in [-0.39, 0.29) is 12.5 Å². The van der Waals surface area contributed by atoms with Gasteiger partial charge in [0.2, 0.25) is 5.91 Å². The maximum Gasteiger partial charge on any atom is 0.220 e. The zero-order chi connectivity index (χ0) is 67.8. The van der Waals surface area contributed by atoms with E-state index in [1.807, 2.05) is 0 Å². The minimum absolute atomic E-state index is 0.133. The third-order valence-electron chi connectivity index (χ3n) is 20.5. The molecule has 9 nitrogen and oxygen atoms in total. The normalized spacial score (nSPS) is 17.6. The molecule has 1 fully saturated rings. The van der Waals surface area contributed by atoms with Crippen LogP contribution in [-0.2, 0) is 14.3 Å². The van der Waals surface area contributed by atoms with Gasteiger partial charge in [-0.15, -0.1) is 0 Å². The van der Waals surface area contributed by atoms with Crippen LogP contribution in [0.5, 0.6) is 0 Å². The first-order valence-electron chi connectivity index (χ1n) is 42.2. The van der Waals surface area contributed by atoms with Crippen molar-refractivity contribution in [3.8, 4) is 0 Å². The number of ether oxygens (including phenoxy) is 2. The molecule has 1 rings (SSSR count). The number of carbonyl (C=O) groups is 1. The zero-order valence-corrected chi connectivity index (χ0v) is 62.8. The number of aliphatic hydroxyl groups is 5. The Morgan fingerprint density at radius 3 is 0.926 bits per heavy atom. The van der Waals surface area contributed by atoms with Crippen molar-refractivity contribution in [3.63, 3.8) is 0 Å². The first-order valence-corrected chi connectivity index (χ1v) is 42.2. The predicted octanol–water partition coefficient (Wildman–Crippen LogP) is 24.5. The number of aliphatic hydroxyl groups excluding tert-OH is 5. The summed E-state index contributed by atoms with van der Waals surface area (Å²) in [6, 6.07) is -0.719. The fourth-order valence-electron chi connectivity index (χ4n) is 13.9. The Morgan fingerprint density at radius 1 is 0.362 bits per heavy atom. The van der Waals surface area contributed by atoms with Crippen LogP contribution in [0.2, 0.25) is 0 Å².